The number of carbonyl (C=O) groups excluding carboxylic acids is 2. The Kier molecular flexibility index (Phi) is 53.4. The molecule has 378 valence electrons. The minimum absolute atomic E-state index is 0.0754. The molecule has 1 unspecified atom stereocenters. The molecule has 0 aliphatic rings. The summed E-state index contributed by atoms with van der Waals surface area (Å²) < 4.78 is 10.7. The fourth-order valence-corrected chi connectivity index (χ4v) is 7.77. The van der Waals surface area contributed by atoms with Crippen LogP contribution in [0.15, 0.2) is 97.2 Å². The van der Waals surface area contributed by atoms with Gasteiger partial charge in [0.1, 0.15) is 6.61 Å². The van der Waals surface area contributed by atoms with Gasteiger partial charge >= 0.3 is 11.9 Å². The van der Waals surface area contributed by atoms with Crippen LogP contribution in [0.3, 0.4) is 0 Å². The average Bonchev–Trinajstić information content (AvgIpc) is 3.32. The lowest BCUT2D eigenvalue weighted by atomic mass is 10.0. The number of aliphatic hydroxyl groups is 1. The first kappa shape index (κ1) is 62.8. The lowest BCUT2D eigenvalue weighted by Crippen LogP contribution is -2.28. The highest BCUT2D eigenvalue weighted by Crippen LogP contribution is 2.16. The Morgan fingerprint density at radius 2 is 0.606 bits per heavy atom. The molecule has 5 heteroatoms. The predicted molar refractivity (Wildman–Crippen MR) is 288 cm³/mol. The van der Waals surface area contributed by atoms with Gasteiger partial charge in [-0.15, -0.1) is 0 Å². The van der Waals surface area contributed by atoms with E-state index >= 15 is 0 Å². The molecule has 0 heterocycles. The van der Waals surface area contributed by atoms with Gasteiger partial charge in [0.2, 0.25) is 0 Å². The van der Waals surface area contributed by atoms with Crippen LogP contribution in [0.1, 0.15) is 258 Å². The second kappa shape index (κ2) is 56.1. The maximum absolute atomic E-state index is 12.3. The van der Waals surface area contributed by atoms with Crippen molar-refractivity contribution in [2.45, 2.75) is 264 Å². The molecular weight excluding hydrogens is 813 g/mol. The summed E-state index contributed by atoms with van der Waals surface area (Å²) in [5.41, 5.74) is 0. The molecule has 0 saturated carbocycles. The Hall–Kier alpha value is -3.18. The van der Waals surface area contributed by atoms with Gasteiger partial charge in [-0.3, -0.25) is 9.59 Å². The number of ether oxygens (including phenoxy) is 2. The second-order valence-corrected chi connectivity index (χ2v) is 18.2. The van der Waals surface area contributed by atoms with Gasteiger partial charge in [0.15, 0.2) is 6.10 Å². The molecule has 0 aliphatic carbocycles. The standard InChI is InChI=1S/C61H104O5/c1-3-5-7-9-11-13-15-17-19-21-23-24-25-26-27-28-29-30-31-32-33-34-35-36-38-40-42-44-46-48-50-52-54-56-61(64)66-59(57-62)58-65-60(63)55-53-51-49-47-45-43-41-39-37-22-20-18-16-14-12-10-8-6-4-2/h5-8,11-14,17-20,23-24,37,39,59,62H,3-4,9-10,15-16,21-22,25-36,38,40-58H2,1-2H3/b7-5-,8-6-,13-11-,14-12-,19-17-,20-18-,24-23-,39-37-. The maximum Gasteiger partial charge on any atom is 0.306 e. The van der Waals surface area contributed by atoms with E-state index in [0.29, 0.717) is 12.8 Å². The second-order valence-electron chi connectivity index (χ2n) is 18.2. The Labute approximate surface area is 408 Å². The van der Waals surface area contributed by atoms with Gasteiger partial charge in [-0.05, 0) is 89.9 Å². The van der Waals surface area contributed by atoms with Crippen molar-refractivity contribution < 1.29 is 24.2 Å². The third-order valence-electron chi connectivity index (χ3n) is 11.9. The Morgan fingerprint density at radius 1 is 0.348 bits per heavy atom. The average molecular weight is 917 g/mol. The molecule has 5 nitrogen and oxygen atoms in total. The molecule has 0 rings (SSSR count). The van der Waals surface area contributed by atoms with E-state index in [9.17, 15) is 14.7 Å². The predicted octanol–water partition coefficient (Wildman–Crippen LogP) is 18.7. The number of aliphatic hydroxyl groups excluding tert-OH is 1. The summed E-state index contributed by atoms with van der Waals surface area (Å²) in [6.07, 6.45) is 79.5. The van der Waals surface area contributed by atoms with E-state index in [1.54, 1.807) is 0 Å². The van der Waals surface area contributed by atoms with Crippen molar-refractivity contribution in [3.05, 3.63) is 97.2 Å². The van der Waals surface area contributed by atoms with E-state index in [4.69, 9.17) is 9.47 Å². The van der Waals surface area contributed by atoms with Gasteiger partial charge in [-0.2, -0.15) is 0 Å². The van der Waals surface area contributed by atoms with Crippen molar-refractivity contribution in [3.63, 3.8) is 0 Å². The van der Waals surface area contributed by atoms with E-state index < -0.39 is 6.10 Å². The number of hydrogen-bond donors (Lipinski definition) is 1. The number of unbranched alkanes of at least 4 members (excludes halogenated alkanes) is 26. The van der Waals surface area contributed by atoms with Crippen LogP contribution >= 0.6 is 0 Å². The quantitative estimate of drug-likeness (QED) is 0.0374. The third kappa shape index (κ3) is 53.4. The third-order valence-corrected chi connectivity index (χ3v) is 11.9. The summed E-state index contributed by atoms with van der Waals surface area (Å²) in [6, 6.07) is 0. The van der Waals surface area contributed by atoms with Crippen LogP contribution in [0.5, 0.6) is 0 Å². The molecule has 1 atom stereocenters. The van der Waals surface area contributed by atoms with Crippen LogP contribution in [-0.2, 0) is 19.1 Å². The molecule has 66 heavy (non-hydrogen) atoms. The van der Waals surface area contributed by atoms with E-state index in [1.807, 2.05) is 0 Å². The number of esters is 2. The van der Waals surface area contributed by atoms with Crippen molar-refractivity contribution in [3.8, 4) is 0 Å². The first-order valence-corrected chi connectivity index (χ1v) is 27.8. The van der Waals surface area contributed by atoms with Gasteiger partial charge < -0.3 is 14.6 Å². The van der Waals surface area contributed by atoms with Gasteiger partial charge in [0, 0.05) is 12.8 Å². The van der Waals surface area contributed by atoms with Gasteiger partial charge in [0.25, 0.3) is 0 Å². The minimum atomic E-state index is -0.782. The van der Waals surface area contributed by atoms with Gasteiger partial charge in [-0.1, -0.05) is 252 Å². The summed E-state index contributed by atoms with van der Waals surface area (Å²) in [7, 11) is 0. The number of carbonyl (C=O) groups is 2. The van der Waals surface area contributed by atoms with Crippen LogP contribution in [-0.4, -0.2) is 36.4 Å². The highest BCUT2D eigenvalue weighted by atomic mass is 16.6. The zero-order chi connectivity index (χ0) is 47.7. The maximum atomic E-state index is 12.3. The van der Waals surface area contributed by atoms with E-state index in [1.165, 1.54) is 135 Å². The van der Waals surface area contributed by atoms with E-state index in [-0.39, 0.29) is 25.2 Å². The van der Waals surface area contributed by atoms with Crippen molar-refractivity contribution >= 4 is 11.9 Å². The summed E-state index contributed by atoms with van der Waals surface area (Å²) in [4.78, 5) is 24.5. The number of allylic oxidation sites excluding steroid dienone is 16. The van der Waals surface area contributed by atoms with Crippen LogP contribution < -0.4 is 0 Å². The largest absolute Gasteiger partial charge is 0.462 e. The first-order chi connectivity index (χ1) is 32.6. The van der Waals surface area contributed by atoms with Crippen molar-refractivity contribution in [1.29, 1.82) is 0 Å². The zero-order valence-corrected chi connectivity index (χ0v) is 43.2. The zero-order valence-electron chi connectivity index (χ0n) is 43.2. The fraction of sp³-hybridized carbons (Fsp3) is 0.705. The molecule has 0 radical (unpaired) electrons. The SMILES string of the molecule is CC/C=C\C/C=C\C/C=C\C/C=C\CCCCCCCCCCCCCCCCCCCCCCC(=O)OC(CO)COC(=O)CCCCCCCC/C=C\C/C=C\C/C=C\C/C=C\CC. The van der Waals surface area contributed by atoms with Crippen LogP contribution in [0.25, 0.3) is 0 Å². The molecule has 0 aromatic heterocycles. The molecule has 0 amide bonds. The molecule has 0 aromatic carbocycles. The summed E-state index contributed by atoms with van der Waals surface area (Å²) in [5, 5.41) is 9.64. The molecular formula is C61H104O5. The molecule has 1 N–H and O–H groups in total. The lowest BCUT2D eigenvalue weighted by molar-refractivity contribution is -0.161. The fourth-order valence-electron chi connectivity index (χ4n) is 7.77. The lowest BCUT2D eigenvalue weighted by Gasteiger charge is -2.15. The molecule has 0 saturated heterocycles. The highest BCUT2D eigenvalue weighted by Gasteiger charge is 2.16. The monoisotopic (exact) mass is 917 g/mol. The summed E-state index contributed by atoms with van der Waals surface area (Å²) in [6.45, 7) is 3.92. The molecule has 0 bridgehead atoms. The van der Waals surface area contributed by atoms with Crippen molar-refractivity contribution in [1.82, 2.24) is 0 Å². The van der Waals surface area contributed by atoms with Gasteiger partial charge in [-0.25, -0.2) is 0 Å². The Balaban J connectivity index is 3.47. The van der Waals surface area contributed by atoms with E-state index in [2.05, 4.69) is 111 Å². The number of hydrogen-bond acceptors (Lipinski definition) is 5. The smallest absolute Gasteiger partial charge is 0.306 e. The minimum Gasteiger partial charge on any atom is -0.462 e. The molecule has 0 spiro atoms. The van der Waals surface area contributed by atoms with Crippen LogP contribution in [0.2, 0.25) is 0 Å². The van der Waals surface area contributed by atoms with Crippen molar-refractivity contribution in [2.75, 3.05) is 13.2 Å². The first-order valence-electron chi connectivity index (χ1n) is 27.8. The number of rotatable bonds is 50. The van der Waals surface area contributed by atoms with E-state index in [0.717, 1.165) is 96.3 Å². The summed E-state index contributed by atoms with van der Waals surface area (Å²) in [5.74, 6) is -0.603. The van der Waals surface area contributed by atoms with Crippen LogP contribution in [0, 0.1) is 0 Å². The summed E-state index contributed by atoms with van der Waals surface area (Å²) >= 11 is 0. The highest BCUT2D eigenvalue weighted by molar-refractivity contribution is 5.70. The topological polar surface area (TPSA) is 72.8 Å². The van der Waals surface area contributed by atoms with Crippen LogP contribution in [0.4, 0.5) is 0 Å². The van der Waals surface area contributed by atoms with Gasteiger partial charge in [0.05, 0.1) is 6.61 Å². The Bertz CT molecular complexity index is 1270. The normalized spacial score (nSPS) is 13.0. The molecule has 0 aliphatic heterocycles. The van der Waals surface area contributed by atoms with Crippen molar-refractivity contribution in [2.24, 2.45) is 0 Å². The molecule has 0 aromatic rings. The Morgan fingerprint density at radius 3 is 0.909 bits per heavy atom. The molecule has 0 fully saturated rings.